The predicted octanol–water partition coefficient (Wildman–Crippen LogP) is 4.53. The van der Waals surface area contributed by atoms with Crippen molar-refractivity contribution < 1.29 is 170 Å². The fraction of sp³-hybridized carbons (Fsp3) is 0.750. The summed E-state index contributed by atoms with van der Waals surface area (Å²) in [7, 11) is 5.52. The van der Waals surface area contributed by atoms with Gasteiger partial charge in [-0.05, 0) is 18.2 Å². The van der Waals surface area contributed by atoms with Gasteiger partial charge in [-0.2, -0.15) is 6.42 Å². The van der Waals surface area contributed by atoms with E-state index in [0.29, 0.717) is 5.41 Å². The van der Waals surface area contributed by atoms with Crippen molar-refractivity contribution in [3.8, 4) is 0 Å². The summed E-state index contributed by atoms with van der Waals surface area (Å²) in [6.07, 6.45) is 3.33. The van der Waals surface area contributed by atoms with Gasteiger partial charge in [-0.25, -0.2) is 0 Å². The minimum atomic E-state index is 0. The Labute approximate surface area is 262 Å². The first-order valence-corrected chi connectivity index (χ1v) is 6.24. The van der Waals surface area contributed by atoms with Gasteiger partial charge in [0.2, 0.25) is 0 Å². The molecule has 0 aromatic carbocycles. The maximum atomic E-state index is 3.87. The number of hydrogen-bond acceptors (Lipinski definition) is 0. The summed E-state index contributed by atoms with van der Waals surface area (Å²) in [6, 6.07) is 0. The molecular weight excluding hydrogens is 467 g/mol. The third-order valence-electron chi connectivity index (χ3n) is 1.59. The standard InChI is InChI=1S/C6H15P2.C4H10.2CH3.4Ar.Ru/c1-3-6(2,4-7)5-8;1-4(2)3;;;;;;;/h1,3-5,7-8H2,2H3;4H,1-3H3;2*1H3;;;;;/q-1;;2*-1;;;;;+3. The van der Waals surface area contributed by atoms with Gasteiger partial charge in [0.25, 0.3) is 0 Å². The molecule has 0 nitrogen and oxygen atoms in total. The van der Waals surface area contributed by atoms with Crippen molar-refractivity contribution in [3.63, 3.8) is 0 Å². The van der Waals surface area contributed by atoms with Gasteiger partial charge in [0.15, 0.2) is 0 Å². The smallest absolute Gasteiger partial charge is 0.358 e. The van der Waals surface area contributed by atoms with Crippen molar-refractivity contribution in [1.29, 1.82) is 0 Å². The van der Waals surface area contributed by atoms with E-state index in [0.717, 1.165) is 24.7 Å². The predicted molar refractivity (Wildman–Crippen MR) is 80.6 cm³/mol. The van der Waals surface area contributed by atoms with Gasteiger partial charge in [0.05, 0.1) is 0 Å². The average molecular weight is 498 g/mol. The zero-order valence-corrected chi connectivity index (χ0v) is 19.7. The maximum Gasteiger partial charge on any atom is 3.00 e. The molecule has 0 aliphatic heterocycles. The van der Waals surface area contributed by atoms with Crippen LogP contribution in [0.1, 0.15) is 34.1 Å². The minimum Gasteiger partial charge on any atom is -0.358 e. The maximum absolute atomic E-state index is 3.87. The van der Waals surface area contributed by atoms with Crippen LogP contribution in [-0.2, 0) is 19.5 Å². The number of rotatable bonds is 3. The minimum absolute atomic E-state index is 0. The second-order valence-electron chi connectivity index (χ2n) is 4.20. The van der Waals surface area contributed by atoms with E-state index in [1.165, 1.54) is 0 Å². The van der Waals surface area contributed by atoms with Crippen LogP contribution < -0.4 is 0 Å². The van der Waals surface area contributed by atoms with Crippen molar-refractivity contribution in [2.45, 2.75) is 34.1 Å². The monoisotopic (exact) mass is 499 g/mol. The molecule has 0 aliphatic carbocycles. The van der Waals surface area contributed by atoms with Crippen LogP contribution in [0.5, 0.6) is 0 Å². The summed E-state index contributed by atoms with van der Waals surface area (Å²) >= 11 is 0. The normalized spacial score (nSPS) is 6.95. The molecule has 7 heteroatoms. The molecule has 0 saturated carbocycles. The van der Waals surface area contributed by atoms with Gasteiger partial charge >= 0.3 is 19.5 Å². The third-order valence-corrected chi connectivity index (χ3v) is 3.56. The van der Waals surface area contributed by atoms with Crippen molar-refractivity contribution in [2.75, 3.05) is 12.3 Å². The molecule has 0 aromatic rings. The van der Waals surface area contributed by atoms with Crippen LogP contribution in [0.4, 0.5) is 0 Å². The summed E-state index contributed by atoms with van der Waals surface area (Å²) in [5, 5.41) is 0. The van der Waals surface area contributed by atoms with E-state index < -0.39 is 0 Å². The van der Waals surface area contributed by atoms with E-state index >= 15 is 0 Å². The molecule has 0 bridgehead atoms. The van der Waals surface area contributed by atoms with Crippen LogP contribution in [0.3, 0.4) is 0 Å². The summed E-state index contributed by atoms with van der Waals surface area (Å²) in [6.45, 7) is 12.6. The molecule has 2 unspecified atom stereocenters. The van der Waals surface area contributed by atoms with Gasteiger partial charge in [0, 0.05) is 151 Å². The second-order valence-corrected chi connectivity index (χ2v) is 5.02. The molecule has 0 aromatic heterocycles. The van der Waals surface area contributed by atoms with Crippen LogP contribution in [0.15, 0.2) is 0 Å². The Morgan fingerprint density at radius 3 is 1.05 bits per heavy atom. The van der Waals surface area contributed by atoms with Crippen molar-refractivity contribution in [2.24, 2.45) is 11.3 Å². The van der Waals surface area contributed by atoms with Crippen LogP contribution >= 0.6 is 18.5 Å². The summed E-state index contributed by atoms with van der Waals surface area (Å²) in [5.41, 5.74) is 0.440. The van der Waals surface area contributed by atoms with Gasteiger partial charge in [-0.15, -0.1) is 18.5 Å². The molecule has 0 heterocycles. The first-order valence-electron chi connectivity index (χ1n) is 4.61. The van der Waals surface area contributed by atoms with E-state index in [1.54, 1.807) is 0 Å². The molecule has 0 fully saturated rings. The van der Waals surface area contributed by atoms with Gasteiger partial charge in [-0.3, -0.25) is 0 Å². The van der Waals surface area contributed by atoms with Crippen LogP contribution in [0.2, 0.25) is 0 Å². The molecular formula is C12H31Ar4P2Ru. The zero-order valence-electron chi connectivity index (χ0n) is 12.8. The zero-order chi connectivity index (χ0) is 10.2. The molecule has 0 saturated heterocycles. The SMILES string of the molecule is CC(C)C.[Ar].[Ar].[Ar].[Ar].[CH2-]CC(C)(CP)CP.[CH3-].[CH3-].[Ru+3]. The van der Waals surface area contributed by atoms with E-state index in [1.807, 2.05) is 0 Å². The molecule has 2 atom stereocenters. The molecule has 0 amide bonds. The summed E-state index contributed by atoms with van der Waals surface area (Å²) in [5.74, 6) is 0.833. The summed E-state index contributed by atoms with van der Waals surface area (Å²) < 4.78 is 0. The number of hydrogen-bond donors (Lipinski definition) is 0. The molecule has 0 rings (SSSR count). The first kappa shape index (κ1) is 56.2. The fourth-order valence-electron chi connectivity index (χ4n) is 0.287. The van der Waals surface area contributed by atoms with E-state index in [9.17, 15) is 0 Å². The average Bonchev–Trinajstić information content (AvgIpc) is 2.02. The quantitative estimate of drug-likeness (QED) is 0.305. The Morgan fingerprint density at radius 2 is 1.05 bits per heavy atom. The van der Waals surface area contributed by atoms with Crippen molar-refractivity contribution >= 4 is 18.5 Å². The molecule has 1 radical (unpaired) electrons. The third kappa shape index (κ3) is 51.6. The summed E-state index contributed by atoms with van der Waals surface area (Å²) in [4.78, 5) is 0. The molecule has 129 valence electrons. The Balaban J connectivity index is -0.0000000119. The Kier molecular flexibility index (Phi) is 117. The van der Waals surface area contributed by atoms with Crippen molar-refractivity contribution in [1.82, 2.24) is 0 Å². The van der Waals surface area contributed by atoms with E-state index in [-0.39, 0.29) is 185 Å². The molecule has 19 heavy (non-hydrogen) atoms. The Morgan fingerprint density at radius 1 is 0.895 bits per heavy atom. The topological polar surface area (TPSA) is 0 Å². The van der Waals surface area contributed by atoms with Gasteiger partial charge in [-0.1, -0.05) is 33.1 Å². The van der Waals surface area contributed by atoms with Gasteiger partial charge < -0.3 is 21.8 Å². The Hall–Kier alpha value is 6.52. The second kappa shape index (κ2) is 39.5. The van der Waals surface area contributed by atoms with E-state index in [4.69, 9.17) is 0 Å². The Bertz CT molecular complexity index is 94.7. The fourth-order valence-corrected chi connectivity index (χ4v) is 1.36. The largest absolute Gasteiger partial charge is 3.00 e. The molecule has 0 N–H and O–H groups in total. The van der Waals surface area contributed by atoms with Crippen LogP contribution in [0.25, 0.3) is 0 Å². The van der Waals surface area contributed by atoms with Crippen LogP contribution in [0, 0.1) is 184 Å². The molecule has 0 aliphatic rings. The first-order chi connectivity index (χ1) is 5.41. The van der Waals surface area contributed by atoms with Gasteiger partial charge in [0.1, 0.15) is 0 Å². The molecule has 0 spiro atoms. The van der Waals surface area contributed by atoms with Crippen LogP contribution in [-0.4, -0.2) is 12.3 Å². The van der Waals surface area contributed by atoms with Crippen molar-refractivity contribution in [3.05, 3.63) is 21.8 Å². The van der Waals surface area contributed by atoms with E-state index in [2.05, 4.69) is 53.1 Å².